The van der Waals surface area contributed by atoms with E-state index < -0.39 is 17.6 Å². The highest BCUT2D eigenvalue weighted by Crippen LogP contribution is 2.35. The van der Waals surface area contributed by atoms with E-state index in [-0.39, 0.29) is 11.6 Å². The first-order valence-corrected chi connectivity index (χ1v) is 7.07. The lowest BCUT2D eigenvalue weighted by Gasteiger charge is -2.13. The van der Waals surface area contributed by atoms with E-state index in [1.807, 2.05) is 0 Å². The Hall–Kier alpha value is -3.24. The number of alkyl halides is 3. The monoisotopic (exact) mass is 350 g/mol. The molecule has 3 aromatic rings. The molecule has 0 aromatic carbocycles. The first-order chi connectivity index (χ1) is 11.8. The van der Waals surface area contributed by atoms with Gasteiger partial charge >= 0.3 is 6.18 Å². The summed E-state index contributed by atoms with van der Waals surface area (Å²) < 4.78 is 40.2. The first-order valence-electron chi connectivity index (χ1n) is 7.07. The lowest BCUT2D eigenvalue weighted by atomic mass is 10.2. The largest absolute Gasteiger partial charge is 0.421 e. The van der Waals surface area contributed by atoms with Crippen molar-refractivity contribution < 1.29 is 13.2 Å². The lowest BCUT2D eigenvalue weighted by molar-refractivity contribution is -0.137. The second-order valence-electron chi connectivity index (χ2n) is 5.14. The van der Waals surface area contributed by atoms with Crippen LogP contribution in [0.2, 0.25) is 0 Å². The van der Waals surface area contributed by atoms with Gasteiger partial charge in [-0.05, 0) is 19.9 Å². The quantitative estimate of drug-likeness (QED) is 0.747. The van der Waals surface area contributed by atoms with Gasteiger partial charge in [0.2, 0.25) is 5.95 Å². The van der Waals surface area contributed by atoms with Crippen molar-refractivity contribution in [1.82, 2.24) is 29.7 Å². The van der Waals surface area contributed by atoms with Gasteiger partial charge in [0.05, 0.1) is 23.3 Å². The molecule has 0 aliphatic heterocycles. The second-order valence-corrected chi connectivity index (χ2v) is 5.14. The van der Waals surface area contributed by atoms with Crippen molar-refractivity contribution in [2.24, 2.45) is 0 Å². The molecule has 0 unspecified atom stereocenters. The molecule has 0 amide bonds. The van der Waals surface area contributed by atoms with Crippen molar-refractivity contribution >= 4 is 17.5 Å². The Morgan fingerprint density at radius 2 is 1.76 bits per heavy atom. The van der Waals surface area contributed by atoms with Crippen molar-refractivity contribution in [3.63, 3.8) is 0 Å². The van der Waals surface area contributed by atoms with Crippen LogP contribution in [0.3, 0.4) is 0 Å². The molecule has 130 valence electrons. The highest BCUT2D eigenvalue weighted by molar-refractivity contribution is 5.58. The Bertz CT molecular complexity index is 881. The van der Waals surface area contributed by atoms with E-state index in [0.29, 0.717) is 17.3 Å². The van der Waals surface area contributed by atoms with Crippen molar-refractivity contribution in [3.05, 3.63) is 41.6 Å². The molecule has 0 spiro atoms. The van der Waals surface area contributed by atoms with Gasteiger partial charge in [-0.2, -0.15) is 23.3 Å². The minimum absolute atomic E-state index is 0.0559. The van der Waals surface area contributed by atoms with Crippen molar-refractivity contribution in [2.75, 3.05) is 11.1 Å². The van der Waals surface area contributed by atoms with Crippen LogP contribution in [0, 0.1) is 13.8 Å². The van der Waals surface area contributed by atoms with E-state index in [0.717, 1.165) is 0 Å². The molecule has 0 aliphatic rings. The molecule has 8 nitrogen and oxygen atoms in total. The Morgan fingerprint density at radius 3 is 2.36 bits per heavy atom. The second kappa shape index (κ2) is 6.00. The van der Waals surface area contributed by atoms with Gasteiger partial charge in [-0.1, -0.05) is 0 Å². The van der Waals surface area contributed by atoms with Gasteiger partial charge < -0.3 is 11.1 Å². The molecule has 3 aromatic heterocycles. The summed E-state index contributed by atoms with van der Waals surface area (Å²) in [5.41, 5.74) is 5.19. The number of nitrogens with two attached hydrogens (primary N) is 1. The number of nitrogens with zero attached hydrogens (tertiary/aromatic N) is 6. The number of aromatic nitrogens is 6. The van der Waals surface area contributed by atoms with Gasteiger partial charge in [0, 0.05) is 12.4 Å². The highest BCUT2D eigenvalue weighted by Gasteiger charge is 2.36. The van der Waals surface area contributed by atoms with Crippen LogP contribution >= 0.6 is 0 Å². The maximum absolute atomic E-state index is 12.9. The maximum Gasteiger partial charge on any atom is 0.421 e. The molecule has 0 bridgehead atoms. The summed E-state index contributed by atoms with van der Waals surface area (Å²) in [6.45, 7) is 2.93. The summed E-state index contributed by atoms with van der Waals surface area (Å²) in [5, 5.41) is 7.06. The fourth-order valence-electron chi connectivity index (χ4n) is 2.22. The Labute approximate surface area is 140 Å². The summed E-state index contributed by atoms with van der Waals surface area (Å²) in [7, 11) is 0. The Kier molecular flexibility index (Phi) is 3.99. The minimum atomic E-state index is -4.61. The number of aryl methyl sites for hydroxylation is 2. The zero-order valence-corrected chi connectivity index (χ0v) is 13.2. The summed E-state index contributed by atoms with van der Waals surface area (Å²) in [4.78, 5) is 15.6. The van der Waals surface area contributed by atoms with E-state index in [9.17, 15) is 13.2 Å². The summed E-state index contributed by atoms with van der Waals surface area (Å²) in [6, 6.07) is 1.67. The van der Waals surface area contributed by atoms with Crippen molar-refractivity contribution in [1.29, 1.82) is 0 Å². The molecule has 0 saturated heterocycles. The Balaban J connectivity index is 1.92. The third kappa shape index (κ3) is 3.34. The molecule has 3 rings (SSSR count). The van der Waals surface area contributed by atoms with Gasteiger partial charge in [-0.15, -0.1) is 0 Å². The van der Waals surface area contributed by atoms with E-state index >= 15 is 0 Å². The molecular formula is C14H13F3N8. The van der Waals surface area contributed by atoms with Gasteiger partial charge in [-0.3, -0.25) is 0 Å². The number of nitrogen functional groups attached to an aromatic ring is 1. The average molecular weight is 350 g/mol. The number of nitrogens with one attached hydrogen (secondary N) is 1. The highest BCUT2D eigenvalue weighted by atomic mass is 19.4. The van der Waals surface area contributed by atoms with Gasteiger partial charge in [0.1, 0.15) is 11.4 Å². The van der Waals surface area contributed by atoms with E-state index in [1.165, 1.54) is 11.6 Å². The lowest BCUT2D eigenvalue weighted by Crippen LogP contribution is -2.15. The average Bonchev–Trinajstić information content (AvgIpc) is 2.87. The van der Waals surface area contributed by atoms with Crippen molar-refractivity contribution in [3.8, 4) is 5.95 Å². The van der Waals surface area contributed by atoms with Crippen LogP contribution in [-0.2, 0) is 6.18 Å². The zero-order valence-electron chi connectivity index (χ0n) is 13.2. The van der Waals surface area contributed by atoms with Crippen LogP contribution in [0.5, 0.6) is 0 Å². The molecule has 0 atom stereocenters. The van der Waals surface area contributed by atoms with Crippen LogP contribution in [0.25, 0.3) is 5.95 Å². The minimum Gasteiger partial charge on any atom is -0.383 e. The van der Waals surface area contributed by atoms with E-state index in [2.05, 4.69) is 30.4 Å². The van der Waals surface area contributed by atoms with Crippen molar-refractivity contribution in [2.45, 2.75) is 20.0 Å². The molecule has 25 heavy (non-hydrogen) atoms. The fraction of sp³-hybridized carbons (Fsp3) is 0.214. The van der Waals surface area contributed by atoms with Crippen LogP contribution in [0.1, 0.15) is 17.0 Å². The molecule has 0 radical (unpaired) electrons. The standard InChI is InChI=1S/C14H13F3N8/c1-7-9(6-25(24-7)13-19-4-3-5-20-13)22-12-21-8(2)10(11(18)23-12)14(15,16)17/h3-6H,1-2H3,(H3,18,21,22,23). The topological polar surface area (TPSA) is 107 Å². The maximum atomic E-state index is 12.9. The SMILES string of the molecule is Cc1nn(-c2ncccn2)cc1Nc1nc(C)c(C(F)(F)F)c(N)n1. The number of rotatable bonds is 3. The summed E-state index contributed by atoms with van der Waals surface area (Å²) >= 11 is 0. The van der Waals surface area contributed by atoms with Crippen LogP contribution < -0.4 is 11.1 Å². The summed E-state index contributed by atoms with van der Waals surface area (Å²) in [6.07, 6.45) is 0.0975. The molecular weight excluding hydrogens is 337 g/mol. The third-order valence-corrected chi connectivity index (χ3v) is 3.30. The van der Waals surface area contributed by atoms with Gasteiger partial charge in [0.15, 0.2) is 0 Å². The summed E-state index contributed by atoms with van der Waals surface area (Å²) in [5.74, 6) is -0.346. The predicted molar refractivity (Wildman–Crippen MR) is 83.4 cm³/mol. The molecule has 0 aliphatic carbocycles. The van der Waals surface area contributed by atoms with Crippen LogP contribution in [-0.4, -0.2) is 29.7 Å². The molecule has 3 heterocycles. The van der Waals surface area contributed by atoms with Crippen LogP contribution in [0.4, 0.5) is 30.6 Å². The van der Waals surface area contributed by atoms with Gasteiger partial charge in [0.25, 0.3) is 5.95 Å². The van der Waals surface area contributed by atoms with E-state index in [4.69, 9.17) is 5.73 Å². The smallest absolute Gasteiger partial charge is 0.383 e. The van der Waals surface area contributed by atoms with Gasteiger partial charge in [-0.25, -0.2) is 19.6 Å². The van der Waals surface area contributed by atoms with Crippen LogP contribution in [0.15, 0.2) is 24.7 Å². The molecule has 0 saturated carbocycles. The third-order valence-electron chi connectivity index (χ3n) is 3.30. The normalized spacial score (nSPS) is 11.6. The molecule has 3 N–H and O–H groups in total. The van der Waals surface area contributed by atoms with E-state index in [1.54, 1.807) is 31.6 Å². The Morgan fingerprint density at radius 1 is 1.08 bits per heavy atom. The molecule has 11 heteroatoms. The molecule has 0 fully saturated rings. The predicted octanol–water partition coefficient (Wildman–Crippen LogP) is 2.41. The number of anilines is 3. The number of halogens is 3. The number of hydrogen-bond donors (Lipinski definition) is 2. The zero-order chi connectivity index (χ0) is 18.2. The first kappa shape index (κ1) is 16.6. The fourth-order valence-corrected chi connectivity index (χ4v) is 2.22. The number of hydrogen-bond acceptors (Lipinski definition) is 7.